The summed E-state index contributed by atoms with van der Waals surface area (Å²) in [6.45, 7) is 2.00. The highest BCUT2D eigenvalue weighted by Crippen LogP contribution is 2.27. The van der Waals surface area contributed by atoms with E-state index in [9.17, 15) is 14.9 Å². The molecule has 2 rings (SSSR count). The van der Waals surface area contributed by atoms with Crippen LogP contribution in [-0.2, 0) is 0 Å². The average Bonchev–Trinajstić information content (AvgIpc) is 2.46. The van der Waals surface area contributed by atoms with Gasteiger partial charge in [-0.1, -0.05) is 41.4 Å². The van der Waals surface area contributed by atoms with Gasteiger partial charge in [-0.25, -0.2) is 0 Å². The van der Waals surface area contributed by atoms with E-state index in [2.05, 4.69) is 5.32 Å². The molecule has 0 saturated heterocycles. The molecule has 0 amide bonds. The van der Waals surface area contributed by atoms with E-state index >= 15 is 0 Å². The van der Waals surface area contributed by atoms with E-state index in [1.165, 1.54) is 12.1 Å². The molecule has 0 atom stereocenters. The van der Waals surface area contributed by atoms with Gasteiger partial charge >= 0.3 is 0 Å². The molecule has 2 aromatic carbocycles. The van der Waals surface area contributed by atoms with Gasteiger partial charge in [-0.15, -0.1) is 0 Å². The van der Waals surface area contributed by atoms with Gasteiger partial charge in [0.15, 0.2) is 5.78 Å². The van der Waals surface area contributed by atoms with Crippen molar-refractivity contribution in [3.63, 3.8) is 0 Å². The first kappa shape index (κ1) is 15.0. The van der Waals surface area contributed by atoms with E-state index in [4.69, 9.17) is 11.6 Å². The first-order valence-corrected chi connectivity index (χ1v) is 6.63. The Balaban J connectivity index is 2.06. The smallest absolute Gasteiger partial charge is 0.289 e. The lowest BCUT2D eigenvalue weighted by atomic mass is 10.1. The van der Waals surface area contributed by atoms with Crippen molar-refractivity contribution in [2.45, 2.75) is 6.92 Å². The van der Waals surface area contributed by atoms with Gasteiger partial charge in [0.1, 0.15) is 5.02 Å². The number of ketones is 1. The Morgan fingerprint density at radius 2 is 1.90 bits per heavy atom. The lowest BCUT2D eigenvalue weighted by Gasteiger charge is -2.06. The minimum absolute atomic E-state index is 0.0574. The maximum absolute atomic E-state index is 12.0. The number of aryl methyl sites for hydroxylation is 1. The van der Waals surface area contributed by atoms with Crippen molar-refractivity contribution < 1.29 is 9.72 Å². The number of carbonyl (C=O) groups is 1. The van der Waals surface area contributed by atoms with Gasteiger partial charge in [-0.05, 0) is 19.1 Å². The number of carbonyl (C=O) groups excluding carboxylic acids is 1. The Morgan fingerprint density at radius 3 is 2.52 bits per heavy atom. The zero-order chi connectivity index (χ0) is 15.4. The first-order valence-electron chi connectivity index (χ1n) is 6.25. The molecule has 0 spiro atoms. The van der Waals surface area contributed by atoms with Crippen molar-refractivity contribution in [1.29, 1.82) is 0 Å². The van der Waals surface area contributed by atoms with Crippen molar-refractivity contribution in [2.75, 3.05) is 11.9 Å². The van der Waals surface area contributed by atoms with Crippen LogP contribution in [0.1, 0.15) is 15.9 Å². The third kappa shape index (κ3) is 3.79. The maximum Gasteiger partial charge on any atom is 0.289 e. The van der Waals surface area contributed by atoms with Crippen LogP contribution in [0.25, 0.3) is 0 Å². The van der Waals surface area contributed by atoms with Gasteiger partial charge in [-0.3, -0.25) is 14.9 Å². The molecule has 6 heteroatoms. The summed E-state index contributed by atoms with van der Waals surface area (Å²) >= 11 is 5.73. The van der Waals surface area contributed by atoms with Gasteiger partial charge in [0.25, 0.3) is 5.69 Å². The zero-order valence-corrected chi connectivity index (χ0v) is 12.1. The summed E-state index contributed by atoms with van der Waals surface area (Å²) in [7, 11) is 0. The molecule has 0 aromatic heterocycles. The number of benzene rings is 2. The lowest BCUT2D eigenvalue weighted by molar-refractivity contribution is -0.384. The number of hydrogen-bond acceptors (Lipinski definition) is 4. The fourth-order valence-electron chi connectivity index (χ4n) is 1.79. The molecule has 21 heavy (non-hydrogen) atoms. The normalized spacial score (nSPS) is 10.2. The Labute approximate surface area is 126 Å². The predicted molar refractivity (Wildman–Crippen MR) is 82.1 cm³/mol. The molecule has 0 radical (unpaired) electrons. The summed E-state index contributed by atoms with van der Waals surface area (Å²) in [5.41, 5.74) is 1.96. The molecule has 0 aliphatic carbocycles. The molecule has 0 unspecified atom stereocenters. The van der Waals surface area contributed by atoms with E-state index in [1.54, 1.807) is 18.2 Å². The molecule has 108 valence electrons. The van der Waals surface area contributed by atoms with Crippen LogP contribution in [0.5, 0.6) is 0 Å². The number of halogens is 1. The SMILES string of the molecule is Cc1ccc(C(=O)CNc2ccc(Cl)c([N+](=O)[O-])c2)cc1. The molecule has 0 heterocycles. The number of anilines is 1. The molecule has 0 aliphatic heterocycles. The lowest BCUT2D eigenvalue weighted by Crippen LogP contribution is -2.14. The van der Waals surface area contributed by atoms with Crippen molar-refractivity contribution >= 4 is 28.8 Å². The van der Waals surface area contributed by atoms with Crippen LogP contribution in [0, 0.1) is 17.0 Å². The molecule has 0 aliphatic rings. The standard InChI is InChI=1S/C15H13ClN2O3/c1-10-2-4-11(5-3-10)15(19)9-17-12-6-7-13(16)14(8-12)18(20)21/h2-8,17H,9H2,1H3. The van der Waals surface area contributed by atoms with E-state index in [0.29, 0.717) is 11.3 Å². The third-order valence-electron chi connectivity index (χ3n) is 2.97. The summed E-state index contributed by atoms with van der Waals surface area (Å²) in [4.78, 5) is 22.2. The minimum Gasteiger partial charge on any atom is -0.377 e. The highest BCUT2D eigenvalue weighted by Gasteiger charge is 2.13. The van der Waals surface area contributed by atoms with Gasteiger partial charge in [-0.2, -0.15) is 0 Å². The summed E-state index contributed by atoms with van der Waals surface area (Å²) in [6.07, 6.45) is 0. The minimum atomic E-state index is -0.560. The van der Waals surface area contributed by atoms with Gasteiger partial charge in [0, 0.05) is 17.3 Å². The molecule has 0 fully saturated rings. The van der Waals surface area contributed by atoms with Gasteiger partial charge in [0.2, 0.25) is 0 Å². The Hall–Kier alpha value is -2.40. The van der Waals surface area contributed by atoms with E-state index in [0.717, 1.165) is 5.56 Å². The second-order valence-corrected chi connectivity index (χ2v) is 4.97. The number of Topliss-reactive ketones (excluding diaryl/α,β-unsaturated/α-hetero) is 1. The van der Waals surface area contributed by atoms with Gasteiger partial charge in [0.05, 0.1) is 11.5 Å². The molecular weight excluding hydrogens is 292 g/mol. The second kappa shape index (κ2) is 6.37. The number of nitrogens with zero attached hydrogens (tertiary/aromatic N) is 1. The van der Waals surface area contributed by atoms with Crippen molar-refractivity contribution in [2.24, 2.45) is 0 Å². The number of rotatable bonds is 5. The van der Waals surface area contributed by atoms with Crippen LogP contribution in [0.2, 0.25) is 5.02 Å². The number of hydrogen-bond donors (Lipinski definition) is 1. The van der Waals surface area contributed by atoms with Crippen molar-refractivity contribution in [3.8, 4) is 0 Å². The molecule has 5 nitrogen and oxygen atoms in total. The molecule has 2 aromatic rings. The largest absolute Gasteiger partial charge is 0.377 e. The quantitative estimate of drug-likeness (QED) is 0.517. The second-order valence-electron chi connectivity index (χ2n) is 4.57. The summed E-state index contributed by atoms with van der Waals surface area (Å²) in [5, 5.41) is 13.7. The van der Waals surface area contributed by atoms with Gasteiger partial charge < -0.3 is 5.32 Å². The maximum atomic E-state index is 12.0. The number of nitrogens with one attached hydrogen (secondary N) is 1. The fraction of sp³-hybridized carbons (Fsp3) is 0.133. The van der Waals surface area contributed by atoms with Crippen molar-refractivity contribution in [3.05, 3.63) is 68.7 Å². The van der Waals surface area contributed by atoms with Crippen LogP contribution in [0.15, 0.2) is 42.5 Å². The molecule has 0 bridgehead atoms. The highest BCUT2D eigenvalue weighted by atomic mass is 35.5. The van der Waals surface area contributed by atoms with E-state index in [1.807, 2.05) is 19.1 Å². The summed E-state index contributed by atoms with van der Waals surface area (Å²) in [6, 6.07) is 11.6. The molecule has 0 saturated carbocycles. The predicted octanol–water partition coefficient (Wildman–Crippen LogP) is 3.85. The first-order chi connectivity index (χ1) is 9.97. The summed E-state index contributed by atoms with van der Waals surface area (Å²) < 4.78 is 0. The van der Waals surface area contributed by atoms with Crippen LogP contribution < -0.4 is 5.32 Å². The Morgan fingerprint density at radius 1 is 1.24 bits per heavy atom. The van der Waals surface area contributed by atoms with Crippen LogP contribution in [0.4, 0.5) is 11.4 Å². The molecule has 1 N–H and O–H groups in total. The van der Waals surface area contributed by atoms with E-state index in [-0.39, 0.29) is 23.0 Å². The highest BCUT2D eigenvalue weighted by molar-refractivity contribution is 6.32. The monoisotopic (exact) mass is 304 g/mol. The average molecular weight is 305 g/mol. The fourth-order valence-corrected chi connectivity index (χ4v) is 1.97. The van der Waals surface area contributed by atoms with E-state index < -0.39 is 4.92 Å². The van der Waals surface area contributed by atoms with Crippen LogP contribution in [-0.4, -0.2) is 17.3 Å². The topological polar surface area (TPSA) is 72.2 Å². The summed E-state index contributed by atoms with van der Waals surface area (Å²) in [5.74, 6) is -0.0902. The van der Waals surface area contributed by atoms with Crippen molar-refractivity contribution in [1.82, 2.24) is 0 Å². The Bertz CT molecular complexity index is 684. The third-order valence-corrected chi connectivity index (χ3v) is 3.29. The van der Waals surface area contributed by atoms with Crippen LogP contribution >= 0.6 is 11.6 Å². The van der Waals surface area contributed by atoms with Crippen LogP contribution in [0.3, 0.4) is 0 Å². The number of nitro groups is 1. The molecular formula is C15H13ClN2O3. The Kier molecular flexibility index (Phi) is 4.55. The number of nitro benzene ring substituents is 1. The zero-order valence-electron chi connectivity index (χ0n) is 11.3.